The molecule has 0 aliphatic carbocycles. The number of hydrogen-bond donors (Lipinski definition) is 2. The van der Waals surface area contributed by atoms with Gasteiger partial charge in [0.15, 0.2) is 0 Å². The van der Waals surface area contributed by atoms with Crippen LogP contribution in [-0.2, 0) is 6.54 Å². The molecule has 28 heavy (non-hydrogen) atoms. The molecule has 6 nitrogen and oxygen atoms in total. The lowest BCUT2D eigenvalue weighted by Gasteiger charge is -2.25. The van der Waals surface area contributed by atoms with Crippen molar-refractivity contribution in [3.8, 4) is 0 Å². The summed E-state index contributed by atoms with van der Waals surface area (Å²) >= 11 is 0. The second-order valence-electron chi connectivity index (χ2n) is 6.73. The van der Waals surface area contributed by atoms with Gasteiger partial charge in [0, 0.05) is 24.6 Å². The predicted molar refractivity (Wildman–Crippen MR) is 108 cm³/mol. The molecule has 7 heteroatoms. The number of para-hydroxylation sites is 1. The molecular formula is C21H24FN5O. The average Bonchev–Trinajstić information content (AvgIpc) is 3.18. The Hall–Kier alpha value is -3.19. The standard InChI is InChI=1S/C21H24FN5O/c1-26(2)20(16-8-10-18(22)11-9-16)14-23-21(28)25-19-7-4-3-6-17(19)15-27-13-5-12-24-27/h3-13,20H,14-15H2,1-2H3,(H2,23,25,28). The number of halogens is 1. The molecule has 0 fully saturated rings. The Bertz CT molecular complexity index is 893. The Morgan fingerprint density at radius 2 is 1.89 bits per heavy atom. The van der Waals surface area contributed by atoms with E-state index >= 15 is 0 Å². The highest BCUT2D eigenvalue weighted by atomic mass is 19.1. The molecule has 2 amide bonds. The molecule has 2 aromatic carbocycles. The summed E-state index contributed by atoms with van der Waals surface area (Å²) in [6.07, 6.45) is 3.60. The third-order valence-corrected chi connectivity index (χ3v) is 4.49. The lowest BCUT2D eigenvalue weighted by atomic mass is 10.1. The number of rotatable bonds is 7. The van der Waals surface area contributed by atoms with E-state index in [1.807, 2.05) is 55.5 Å². The molecule has 1 atom stereocenters. The largest absolute Gasteiger partial charge is 0.336 e. The Balaban J connectivity index is 1.63. The van der Waals surface area contributed by atoms with Crippen LogP contribution in [0.4, 0.5) is 14.9 Å². The lowest BCUT2D eigenvalue weighted by Crippen LogP contribution is -2.37. The van der Waals surface area contributed by atoms with E-state index in [1.54, 1.807) is 23.0 Å². The van der Waals surface area contributed by atoms with Gasteiger partial charge in [0.25, 0.3) is 0 Å². The number of benzene rings is 2. The summed E-state index contributed by atoms with van der Waals surface area (Å²) in [4.78, 5) is 14.4. The van der Waals surface area contributed by atoms with Crippen molar-refractivity contribution in [3.63, 3.8) is 0 Å². The van der Waals surface area contributed by atoms with Gasteiger partial charge in [-0.3, -0.25) is 4.68 Å². The summed E-state index contributed by atoms with van der Waals surface area (Å²) in [5.41, 5.74) is 2.63. The minimum absolute atomic E-state index is 0.0642. The lowest BCUT2D eigenvalue weighted by molar-refractivity contribution is 0.243. The zero-order chi connectivity index (χ0) is 19.9. The zero-order valence-corrected chi connectivity index (χ0v) is 16.0. The van der Waals surface area contributed by atoms with Crippen LogP contribution in [-0.4, -0.2) is 41.4 Å². The number of amides is 2. The first-order valence-electron chi connectivity index (χ1n) is 9.05. The van der Waals surface area contributed by atoms with Gasteiger partial charge in [0.1, 0.15) is 5.82 Å². The smallest absolute Gasteiger partial charge is 0.319 e. The topological polar surface area (TPSA) is 62.2 Å². The number of hydrogen-bond acceptors (Lipinski definition) is 3. The number of nitrogens with zero attached hydrogens (tertiary/aromatic N) is 3. The van der Waals surface area contributed by atoms with Crippen molar-refractivity contribution in [1.29, 1.82) is 0 Å². The number of aromatic nitrogens is 2. The quantitative estimate of drug-likeness (QED) is 0.659. The molecule has 1 heterocycles. The molecule has 3 rings (SSSR count). The molecule has 0 radical (unpaired) electrons. The SMILES string of the molecule is CN(C)C(CNC(=O)Nc1ccccc1Cn1cccn1)c1ccc(F)cc1. The fourth-order valence-corrected chi connectivity index (χ4v) is 2.99. The number of likely N-dealkylation sites (N-methyl/N-ethyl adjacent to an activating group) is 1. The molecule has 1 aromatic heterocycles. The Morgan fingerprint density at radius 3 is 2.57 bits per heavy atom. The van der Waals surface area contributed by atoms with Gasteiger partial charge in [-0.05, 0) is 49.5 Å². The first-order valence-corrected chi connectivity index (χ1v) is 9.05. The van der Waals surface area contributed by atoms with Gasteiger partial charge in [0.05, 0.1) is 12.6 Å². The second kappa shape index (κ2) is 9.14. The van der Waals surface area contributed by atoms with E-state index < -0.39 is 0 Å². The van der Waals surface area contributed by atoms with Crippen LogP contribution in [0, 0.1) is 5.82 Å². The molecule has 0 aliphatic heterocycles. The maximum Gasteiger partial charge on any atom is 0.319 e. The van der Waals surface area contributed by atoms with Crippen LogP contribution in [0.15, 0.2) is 67.0 Å². The number of carbonyl (C=O) groups excluding carboxylic acids is 1. The molecule has 0 bridgehead atoms. The highest BCUT2D eigenvalue weighted by molar-refractivity contribution is 5.90. The Morgan fingerprint density at radius 1 is 1.14 bits per heavy atom. The number of urea groups is 1. The van der Waals surface area contributed by atoms with E-state index in [2.05, 4.69) is 15.7 Å². The molecule has 0 saturated carbocycles. The maximum atomic E-state index is 13.2. The van der Waals surface area contributed by atoms with Gasteiger partial charge < -0.3 is 15.5 Å². The van der Waals surface area contributed by atoms with Crippen molar-refractivity contribution in [2.24, 2.45) is 0 Å². The minimum atomic E-state index is -0.290. The van der Waals surface area contributed by atoms with E-state index in [1.165, 1.54) is 12.1 Å². The summed E-state index contributed by atoms with van der Waals surface area (Å²) in [5, 5.41) is 10.0. The van der Waals surface area contributed by atoms with Gasteiger partial charge in [-0.15, -0.1) is 0 Å². The van der Waals surface area contributed by atoms with Gasteiger partial charge >= 0.3 is 6.03 Å². The molecule has 0 aliphatic rings. The van der Waals surface area contributed by atoms with Crippen molar-refractivity contribution in [1.82, 2.24) is 20.0 Å². The fourth-order valence-electron chi connectivity index (χ4n) is 2.99. The molecular weight excluding hydrogens is 357 g/mol. The Labute approximate surface area is 164 Å². The highest BCUT2D eigenvalue weighted by Gasteiger charge is 2.16. The van der Waals surface area contributed by atoms with Crippen LogP contribution in [0.5, 0.6) is 0 Å². The summed E-state index contributed by atoms with van der Waals surface area (Å²) < 4.78 is 15.0. The van der Waals surface area contributed by atoms with Crippen molar-refractivity contribution in [2.45, 2.75) is 12.6 Å². The normalized spacial score (nSPS) is 12.0. The van der Waals surface area contributed by atoms with Gasteiger partial charge in [0.2, 0.25) is 0 Å². The molecule has 3 aromatic rings. The Kier molecular flexibility index (Phi) is 6.39. The summed E-state index contributed by atoms with van der Waals surface area (Å²) in [6.45, 7) is 0.963. The van der Waals surface area contributed by atoms with Crippen LogP contribution in [0.1, 0.15) is 17.2 Å². The first kappa shape index (κ1) is 19.6. The zero-order valence-electron chi connectivity index (χ0n) is 16.0. The first-order chi connectivity index (χ1) is 13.5. The van der Waals surface area contributed by atoms with Gasteiger partial charge in [-0.1, -0.05) is 30.3 Å². The van der Waals surface area contributed by atoms with E-state index in [0.29, 0.717) is 13.1 Å². The number of carbonyl (C=O) groups is 1. The second-order valence-corrected chi connectivity index (χ2v) is 6.73. The van der Waals surface area contributed by atoms with E-state index in [9.17, 15) is 9.18 Å². The fraction of sp³-hybridized carbons (Fsp3) is 0.238. The molecule has 1 unspecified atom stereocenters. The van der Waals surface area contributed by atoms with E-state index in [0.717, 1.165) is 16.8 Å². The number of nitrogens with one attached hydrogen (secondary N) is 2. The van der Waals surface area contributed by atoms with Crippen LogP contribution >= 0.6 is 0 Å². The third kappa shape index (κ3) is 5.17. The van der Waals surface area contributed by atoms with Crippen molar-refractivity contribution in [3.05, 3.63) is 83.9 Å². The van der Waals surface area contributed by atoms with E-state index in [-0.39, 0.29) is 17.9 Å². The van der Waals surface area contributed by atoms with Crippen molar-refractivity contribution >= 4 is 11.7 Å². The van der Waals surface area contributed by atoms with Gasteiger partial charge in [-0.25, -0.2) is 9.18 Å². The van der Waals surface area contributed by atoms with Crippen LogP contribution in [0.2, 0.25) is 0 Å². The maximum absolute atomic E-state index is 13.2. The summed E-state index contributed by atoms with van der Waals surface area (Å²) in [7, 11) is 3.85. The molecule has 2 N–H and O–H groups in total. The van der Waals surface area contributed by atoms with Crippen LogP contribution in [0.3, 0.4) is 0 Å². The summed E-state index contributed by atoms with van der Waals surface area (Å²) in [5.74, 6) is -0.277. The van der Waals surface area contributed by atoms with Crippen molar-refractivity contribution in [2.75, 3.05) is 26.0 Å². The average molecular weight is 381 g/mol. The van der Waals surface area contributed by atoms with Crippen molar-refractivity contribution < 1.29 is 9.18 Å². The summed E-state index contributed by atoms with van der Waals surface area (Å²) in [6, 6.07) is 15.5. The van der Waals surface area contributed by atoms with Crippen LogP contribution in [0.25, 0.3) is 0 Å². The third-order valence-electron chi connectivity index (χ3n) is 4.49. The molecule has 146 valence electrons. The van der Waals surface area contributed by atoms with Crippen LogP contribution < -0.4 is 10.6 Å². The minimum Gasteiger partial charge on any atom is -0.336 e. The van der Waals surface area contributed by atoms with Gasteiger partial charge in [-0.2, -0.15) is 5.10 Å². The highest BCUT2D eigenvalue weighted by Crippen LogP contribution is 2.19. The number of anilines is 1. The predicted octanol–water partition coefficient (Wildman–Crippen LogP) is 3.49. The monoisotopic (exact) mass is 381 g/mol. The molecule has 0 saturated heterocycles. The van der Waals surface area contributed by atoms with E-state index in [4.69, 9.17) is 0 Å². The molecule has 0 spiro atoms.